The quantitative estimate of drug-likeness (QED) is 0.721. The summed E-state index contributed by atoms with van der Waals surface area (Å²) in [7, 11) is 0. The molecule has 1 aliphatic heterocycles. The van der Waals surface area contributed by atoms with Gasteiger partial charge in [-0.1, -0.05) is 22.0 Å². The lowest BCUT2D eigenvalue weighted by atomic mass is 10.2. The van der Waals surface area contributed by atoms with E-state index in [1.54, 1.807) is 0 Å². The predicted molar refractivity (Wildman–Crippen MR) is 56.0 cm³/mol. The lowest BCUT2D eigenvalue weighted by Crippen LogP contribution is -2.28. The summed E-state index contributed by atoms with van der Waals surface area (Å²) in [5.41, 5.74) is -0.246. The Kier molecular flexibility index (Phi) is 2.73. The summed E-state index contributed by atoms with van der Waals surface area (Å²) in [6.07, 6.45) is 0.562. The number of amides is 1. The van der Waals surface area contributed by atoms with Crippen LogP contribution >= 0.6 is 15.9 Å². The van der Waals surface area contributed by atoms with Crippen molar-refractivity contribution >= 4 is 27.5 Å². The Morgan fingerprint density at radius 2 is 1.93 bits per heavy atom. The number of nitrogens with zero attached hydrogens (tertiary/aromatic N) is 1. The zero-order valence-electron chi connectivity index (χ0n) is 7.71. The van der Waals surface area contributed by atoms with Crippen LogP contribution in [0.4, 0.5) is 14.5 Å². The molecular weight excluding hydrogens is 268 g/mol. The second-order valence-corrected chi connectivity index (χ2v) is 4.42. The van der Waals surface area contributed by atoms with Gasteiger partial charge in [-0.25, -0.2) is 8.78 Å². The first kappa shape index (κ1) is 10.5. The van der Waals surface area contributed by atoms with Gasteiger partial charge in [-0.15, -0.1) is 0 Å². The minimum atomic E-state index is -0.704. The van der Waals surface area contributed by atoms with Gasteiger partial charge in [0, 0.05) is 6.54 Å². The van der Waals surface area contributed by atoms with Crippen LogP contribution in [0, 0.1) is 11.6 Å². The standard InChI is InChI=1S/C10H8BrF2NO/c11-6-4-5-14(10(6)15)9-7(12)2-1-3-8(9)13/h1-3,6H,4-5H2/t6-/m0/s1. The average Bonchev–Trinajstić information content (AvgIpc) is 2.49. The lowest BCUT2D eigenvalue weighted by molar-refractivity contribution is -0.116. The van der Waals surface area contributed by atoms with Gasteiger partial charge >= 0.3 is 0 Å². The van der Waals surface area contributed by atoms with Crippen LogP contribution in [0.5, 0.6) is 0 Å². The molecule has 2 rings (SSSR count). The topological polar surface area (TPSA) is 20.3 Å². The molecule has 0 spiro atoms. The highest BCUT2D eigenvalue weighted by molar-refractivity contribution is 9.10. The summed E-state index contributed by atoms with van der Waals surface area (Å²) in [4.78, 5) is 12.4. The third-order valence-electron chi connectivity index (χ3n) is 2.35. The van der Waals surface area contributed by atoms with Crippen LogP contribution in [0.2, 0.25) is 0 Å². The Morgan fingerprint density at radius 3 is 2.40 bits per heavy atom. The highest BCUT2D eigenvalue weighted by atomic mass is 79.9. The van der Waals surface area contributed by atoms with Crippen molar-refractivity contribution < 1.29 is 13.6 Å². The minimum absolute atomic E-state index is 0.246. The number of benzene rings is 1. The normalized spacial score (nSPS) is 21.1. The van der Waals surface area contributed by atoms with Crippen LogP contribution in [-0.2, 0) is 4.79 Å². The summed E-state index contributed by atoms with van der Waals surface area (Å²) >= 11 is 3.15. The summed E-state index contributed by atoms with van der Waals surface area (Å²) in [6.45, 7) is 0.340. The van der Waals surface area contributed by atoms with E-state index in [-0.39, 0.29) is 16.4 Å². The molecule has 0 N–H and O–H groups in total. The number of rotatable bonds is 1. The molecule has 1 amide bonds. The second-order valence-electron chi connectivity index (χ2n) is 3.32. The van der Waals surface area contributed by atoms with Crippen molar-refractivity contribution in [1.82, 2.24) is 0 Å². The molecule has 1 fully saturated rings. The van der Waals surface area contributed by atoms with E-state index in [0.717, 1.165) is 17.0 Å². The molecule has 1 saturated heterocycles. The first-order chi connectivity index (χ1) is 7.11. The highest BCUT2D eigenvalue weighted by Crippen LogP contribution is 2.29. The second kappa shape index (κ2) is 3.89. The molecule has 0 unspecified atom stereocenters. The molecule has 0 saturated carbocycles. The van der Waals surface area contributed by atoms with Gasteiger partial charge in [-0.05, 0) is 18.6 Å². The molecule has 0 aliphatic carbocycles. The molecule has 1 aromatic carbocycles. The highest BCUT2D eigenvalue weighted by Gasteiger charge is 2.33. The van der Waals surface area contributed by atoms with Gasteiger partial charge in [0.15, 0.2) is 0 Å². The number of alkyl halides is 1. The fourth-order valence-electron chi connectivity index (χ4n) is 1.61. The number of carbonyl (C=O) groups excluding carboxylic acids is 1. The monoisotopic (exact) mass is 275 g/mol. The van der Waals surface area contributed by atoms with Crippen LogP contribution in [0.15, 0.2) is 18.2 Å². The van der Waals surface area contributed by atoms with E-state index in [1.807, 2.05) is 0 Å². The molecule has 1 heterocycles. The molecule has 80 valence electrons. The third-order valence-corrected chi connectivity index (χ3v) is 3.20. The summed E-state index contributed by atoms with van der Waals surface area (Å²) in [6, 6.07) is 3.57. The fraction of sp³-hybridized carbons (Fsp3) is 0.300. The van der Waals surface area contributed by atoms with Gasteiger partial charge < -0.3 is 4.90 Å². The van der Waals surface area contributed by atoms with Crippen molar-refractivity contribution in [3.63, 3.8) is 0 Å². The maximum atomic E-state index is 13.4. The zero-order chi connectivity index (χ0) is 11.0. The molecule has 2 nitrogen and oxygen atoms in total. The Bertz CT molecular complexity index is 390. The van der Waals surface area contributed by atoms with Crippen molar-refractivity contribution in [2.45, 2.75) is 11.2 Å². The third kappa shape index (κ3) is 1.76. The largest absolute Gasteiger partial charge is 0.306 e. The molecule has 1 aliphatic rings. The van der Waals surface area contributed by atoms with Crippen LogP contribution in [-0.4, -0.2) is 17.3 Å². The van der Waals surface area contributed by atoms with Crippen LogP contribution in [0.1, 0.15) is 6.42 Å². The van der Waals surface area contributed by atoms with Crippen molar-refractivity contribution in [2.24, 2.45) is 0 Å². The molecule has 0 aromatic heterocycles. The summed E-state index contributed by atoms with van der Waals surface area (Å²) in [5.74, 6) is -1.70. The molecule has 0 bridgehead atoms. The van der Waals surface area contributed by atoms with E-state index in [4.69, 9.17) is 0 Å². The Morgan fingerprint density at radius 1 is 1.33 bits per heavy atom. The Balaban J connectivity index is 2.42. The number of anilines is 1. The van der Waals surface area contributed by atoms with Crippen LogP contribution in [0.3, 0.4) is 0 Å². The van der Waals surface area contributed by atoms with Gasteiger partial charge in [-0.3, -0.25) is 4.79 Å². The Labute approximate surface area is 94.0 Å². The van der Waals surface area contributed by atoms with Crippen molar-refractivity contribution in [3.05, 3.63) is 29.8 Å². The zero-order valence-corrected chi connectivity index (χ0v) is 9.30. The van der Waals surface area contributed by atoms with Crippen molar-refractivity contribution in [2.75, 3.05) is 11.4 Å². The molecule has 15 heavy (non-hydrogen) atoms. The lowest BCUT2D eigenvalue weighted by Gasteiger charge is -2.17. The number of hydrogen-bond acceptors (Lipinski definition) is 1. The van der Waals surface area contributed by atoms with Crippen LogP contribution < -0.4 is 4.90 Å². The van der Waals surface area contributed by atoms with E-state index < -0.39 is 11.6 Å². The van der Waals surface area contributed by atoms with E-state index in [1.165, 1.54) is 6.07 Å². The van der Waals surface area contributed by atoms with E-state index in [2.05, 4.69) is 15.9 Å². The number of para-hydroxylation sites is 1. The predicted octanol–water partition coefficient (Wildman–Crippen LogP) is 2.47. The first-order valence-electron chi connectivity index (χ1n) is 4.50. The van der Waals surface area contributed by atoms with Gasteiger partial charge in [0.2, 0.25) is 5.91 Å². The number of halogens is 3. The van der Waals surface area contributed by atoms with Gasteiger partial charge in [-0.2, -0.15) is 0 Å². The van der Waals surface area contributed by atoms with E-state index in [9.17, 15) is 13.6 Å². The van der Waals surface area contributed by atoms with Gasteiger partial charge in [0.05, 0.1) is 4.83 Å². The molecule has 1 atom stereocenters. The maximum Gasteiger partial charge on any atom is 0.240 e. The van der Waals surface area contributed by atoms with Crippen LogP contribution in [0.25, 0.3) is 0 Å². The van der Waals surface area contributed by atoms with Crippen molar-refractivity contribution in [1.29, 1.82) is 0 Å². The molecule has 1 aromatic rings. The molecular formula is C10H8BrF2NO. The Hall–Kier alpha value is -0.970. The SMILES string of the molecule is O=C1[C@@H](Br)CCN1c1c(F)cccc1F. The smallest absolute Gasteiger partial charge is 0.240 e. The number of carbonyl (C=O) groups is 1. The fourth-order valence-corrected chi connectivity index (χ4v) is 2.07. The summed E-state index contributed by atoms with van der Waals surface area (Å²) < 4.78 is 26.7. The maximum absolute atomic E-state index is 13.4. The van der Waals surface area contributed by atoms with Crippen molar-refractivity contribution in [3.8, 4) is 0 Å². The summed E-state index contributed by atoms with van der Waals surface area (Å²) in [5, 5.41) is 0. The first-order valence-corrected chi connectivity index (χ1v) is 5.42. The average molecular weight is 276 g/mol. The van der Waals surface area contributed by atoms with Gasteiger partial charge in [0.1, 0.15) is 17.3 Å². The minimum Gasteiger partial charge on any atom is -0.306 e. The van der Waals surface area contributed by atoms with Gasteiger partial charge in [0.25, 0.3) is 0 Å². The van der Waals surface area contributed by atoms with E-state index in [0.29, 0.717) is 13.0 Å². The molecule has 0 radical (unpaired) electrons. The number of hydrogen-bond donors (Lipinski definition) is 0. The molecule has 5 heteroatoms. The van der Waals surface area contributed by atoms with E-state index >= 15 is 0 Å².